The number of benzene rings is 2. The fourth-order valence-electron chi connectivity index (χ4n) is 3.28. The third-order valence-corrected chi connectivity index (χ3v) is 4.96. The monoisotopic (exact) mass is 407 g/mol. The van der Waals surface area contributed by atoms with Crippen molar-refractivity contribution in [1.29, 1.82) is 5.41 Å². The Morgan fingerprint density at radius 1 is 1.10 bits per heavy atom. The van der Waals surface area contributed by atoms with Crippen LogP contribution < -0.4 is 20.6 Å². The van der Waals surface area contributed by atoms with E-state index in [0.29, 0.717) is 41.2 Å². The maximum Gasteiger partial charge on any atom is 0.341 e. The average Bonchev–Trinajstić information content (AvgIpc) is 3.57. The number of nitrogen functional groups attached to an aromatic ring is 1. The minimum Gasteiger partial charge on any atom is -0.490 e. The van der Waals surface area contributed by atoms with Crippen LogP contribution in [0.5, 0.6) is 11.5 Å². The molecule has 1 aromatic heterocycles. The molecule has 1 saturated carbocycles. The van der Waals surface area contributed by atoms with Crippen LogP contribution >= 0.6 is 0 Å². The zero-order valence-corrected chi connectivity index (χ0v) is 16.1. The summed E-state index contributed by atoms with van der Waals surface area (Å²) in [6.07, 6.45) is 3.35. The summed E-state index contributed by atoms with van der Waals surface area (Å²) in [5.74, 6) is 0.00670. The number of nitrogens with zero attached hydrogens (tertiary/aromatic N) is 1. The number of carboxylic acids is 1. The third-order valence-electron chi connectivity index (χ3n) is 4.96. The number of carbonyl (C=O) groups is 1. The number of rotatable bonds is 8. The first-order valence-electron chi connectivity index (χ1n) is 9.56. The molecule has 0 radical (unpaired) electrons. The number of carboxylic acid groups (broad SMARTS) is 1. The van der Waals surface area contributed by atoms with Gasteiger partial charge in [-0.25, -0.2) is 4.79 Å². The van der Waals surface area contributed by atoms with Gasteiger partial charge in [-0.3, -0.25) is 10.2 Å². The molecule has 154 valence electrons. The second kappa shape index (κ2) is 7.90. The molecule has 4 N–H and O–H groups in total. The molecule has 0 amide bonds. The highest BCUT2D eigenvalue weighted by molar-refractivity contribution is 5.95. The first-order chi connectivity index (χ1) is 14.4. The Morgan fingerprint density at radius 2 is 1.73 bits per heavy atom. The lowest BCUT2D eigenvalue weighted by atomic mass is 10.1. The summed E-state index contributed by atoms with van der Waals surface area (Å²) in [7, 11) is 0. The van der Waals surface area contributed by atoms with Crippen molar-refractivity contribution in [1.82, 2.24) is 4.57 Å². The summed E-state index contributed by atoms with van der Waals surface area (Å²) in [6.45, 7) is 0.603. The van der Waals surface area contributed by atoms with Gasteiger partial charge in [0.25, 0.3) is 0 Å². The van der Waals surface area contributed by atoms with Gasteiger partial charge in [0.2, 0.25) is 5.43 Å². The van der Waals surface area contributed by atoms with Gasteiger partial charge in [0.15, 0.2) is 0 Å². The standard InChI is InChI=1S/C22H21N3O5/c23-21(24)13-1-5-15(6-2-13)29-9-10-30-16-7-8-17-19(11-16)25(14-3-4-14)12-18(20(17)26)22(27)28/h1-2,5-8,11-12,14H,3-4,9-10H2,(H3,23,24)(H,27,28). The first kappa shape index (κ1) is 19.5. The number of pyridine rings is 1. The van der Waals surface area contributed by atoms with Crippen molar-refractivity contribution in [3.63, 3.8) is 0 Å². The smallest absolute Gasteiger partial charge is 0.341 e. The van der Waals surface area contributed by atoms with Crippen LogP contribution in [0.15, 0.2) is 53.5 Å². The van der Waals surface area contributed by atoms with E-state index in [1.165, 1.54) is 6.20 Å². The summed E-state index contributed by atoms with van der Waals surface area (Å²) in [6, 6.07) is 12.1. The number of hydrogen-bond donors (Lipinski definition) is 3. The maximum absolute atomic E-state index is 12.5. The van der Waals surface area contributed by atoms with Gasteiger partial charge >= 0.3 is 5.97 Å². The number of aromatic carboxylic acids is 1. The molecule has 0 bridgehead atoms. The van der Waals surface area contributed by atoms with Crippen molar-refractivity contribution in [2.24, 2.45) is 5.73 Å². The fraction of sp³-hybridized carbons (Fsp3) is 0.227. The second-order valence-electron chi connectivity index (χ2n) is 7.13. The Kier molecular flexibility index (Phi) is 5.14. The average molecular weight is 407 g/mol. The molecule has 30 heavy (non-hydrogen) atoms. The van der Waals surface area contributed by atoms with Crippen molar-refractivity contribution in [3.05, 3.63) is 70.0 Å². The van der Waals surface area contributed by atoms with Gasteiger partial charge in [0.05, 0.1) is 5.52 Å². The summed E-state index contributed by atoms with van der Waals surface area (Å²) in [4.78, 5) is 23.9. The Bertz CT molecular complexity index is 1180. The highest BCUT2D eigenvalue weighted by Crippen LogP contribution is 2.37. The molecule has 0 aliphatic heterocycles. The highest BCUT2D eigenvalue weighted by Gasteiger charge is 2.26. The van der Waals surface area contributed by atoms with Gasteiger partial charge in [0, 0.05) is 29.3 Å². The number of hydrogen-bond acceptors (Lipinski definition) is 5. The van der Waals surface area contributed by atoms with E-state index in [0.717, 1.165) is 12.8 Å². The molecule has 1 fully saturated rings. The minimum atomic E-state index is -1.22. The van der Waals surface area contributed by atoms with E-state index in [2.05, 4.69) is 0 Å². The summed E-state index contributed by atoms with van der Waals surface area (Å²) < 4.78 is 13.2. The SMILES string of the molecule is N=C(N)c1ccc(OCCOc2ccc3c(=O)c(C(=O)O)cn(C4CC4)c3c2)cc1. The van der Waals surface area contributed by atoms with E-state index in [4.69, 9.17) is 20.6 Å². The van der Waals surface area contributed by atoms with Crippen LogP contribution in [0.1, 0.15) is 34.8 Å². The number of nitrogens with one attached hydrogen (secondary N) is 1. The third kappa shape index (κ3) is 3.98. The lowest BCUT2D eigenvalue weighted by molar-refractivity contribution is 0.0695. The molecule has 1 heterocycles. The zero-order valence-electron chi connectivity index (χ0n) is 16.1. The van der Waals surface area contributed by atoms with Crippen LogP contribution in [0.3, 0.4) is 0 Å². The van der Waals surface area contributed by atoms with Crippen LogP contribution in [0.2, 0.25) is 0 Å². The Morgan fingerprint density at radius 3 is 2.33 bits per heavy atom. The topological polar surface area (TPSA) is 128 Å². The van der Waals surface area contributed by atoms with Crippen LogP contribution in [-0.2, 0) is 0 Å². The zero-order chi connectivity index (χ0) is 21.3. The molecule has 2 aromatic carbocycles. The van der Waals surface area contributed by atoms with Crippen LogP contribution in [-0.4, -0.2) is 34.7 Å². The number of fused-ring (bicyclic) bond motifs is 1. The molecule has 0 spiro atoms. The molecule has 1 aliphatic rings. The van der Waals surface area contributed by atoms with Gasteiger partial charge in [0.1, 0.15) is 36.1 Å². The predicted octanol–water partition coefficient (Wildman–Crippen LogP) is 2.78. The predicted molar refractivity (Wildman–Crippen MR) is 112 cm³/mol. The molecule has 3 aromatic rings. The molecule has 0 atom stereocenters. The summed E-state index contributed by atoms with van der Waals surface area (Å²) in [5, 5.41) is 17.1. The van der Waals surface area contributed by atoms with Crippen LogP contribution in [0.4, 0.5) is 0 Å². The Balaban J connectivity index is 1.46. The number of aromatic nitrogens is 1. The maximum atomic E-state index is 12.5. The quantitative estimate of drug-likeness (QED) is 0.299. The Hall–Kier alpha value is -3.81. The number of amidine groups is 1. The molecule has 4 rings (SSSR count). The van der Waals surface area contributed by atoms with E-state index in [1.807, 2.05) is 4.57 Å². The molecule has 0 unspecified atom stereocenters. The van der Waals surface area contributed by atoms with E-state index in [1.54, 1.807) is 42.5 Å². The van der Waals surface area contributed by atoms with Crippen molar-refractivity contribution < 1.29 is 19.4 Å². The second-order valence-corrected chi connectivity index (χ2v) is 7.13. The molecular weight excluding hydrogens is 386 g/mol. The van der Waals surface area contributed by atoms with Gasteiger partial charge in [-0.05, 0) is 49.2 Å². The van der Waals surface area contributed by atoms with Crippen molar-refractivity contribution in [2.45, 2.75) is 18.9 Å². The van der Waals surface area contributed by atoms with Gasteiger partial charge in [-0.1, -0.05) is 0 Å². The Labute approximate surface area is 172 Å². The van der Waals surface area contributed by atoms with Crippen molar-refractivity contribution in [2.75, 3.05) is 13.2 Å². The lowest BCUT2D eigenvalue weighted by Gasteiger charge is -2.13. The van der Waals surface area contributed by atoms with E-state index in [9.17, 15) is 14.7 Å². The largest absolute Gasteiger partial charge is 0.490 e. The normalized spacial score (nSPS) is 13.2. The molecule has 8 heteroatoms. The minimum absolute atomic E-state index is 0.00124. The van der Waals surface area contributed by atoms with E-state index in [-0.39, 0.29) is 17.4 Å². The summed E-state index contributed by atoms with van der Waals surface area (Å²) in [5.41, 5.74) is 6.02. The van der Waals surface area contributed by atoms with E-state index >= 15 is 0 Å². The summed E-state index contributed by atoms with van der Waals surface area (Å²) >= 11 is 0. The number of nitrogens with two attached hydrogens (primary N) is 1. The fourth-order valence-corrected chi connectivity index (χ4v) is 3.28. The van der Waals surface area contributed by atoms with Gasteiger partial charge in [-0.15, -0.1) is 0 Å². The molecule has 1 aliphatic carbocycles. The van der Waals surface area contributed by atoms with Crippen LogP contribution in [0, 0.1) is 5.41 Å². The molecule has 0 saturated heterocycles. The van der Waals surface area contributed by atoms with Crippen molar-refractivity contribution >= 4 is 22.7 Å². The lowest BCUT2D eigenvalue weighted by Crippen LogP contribution is -2.18. The number of ether oxygens (including phenoxy) is 2. The first-order valence-corrected chi connectivity index (χ1v) is 9.56. The van der Waals surface area contributed by atoms with Gasteiger partial charge < -0.3 is 24.9 Å². The highest BCUT2D eigenvalue weighted by atomic mass is 16.5. The van der Waals surface area contributed by atoms with E-state index < -0.39 is 11.4 Å². The molecule has 8 nitrogen and oxygen atoms in total. The van der Waals surface area contributed by atoms with Crippen molar-refractivity contribution in [3.8, 4) is 11.5 Å². The van der Waals surface area contributed by atoms with Crippen LogP contribution in [0.25, 0.3) is 10.9 Å². The molecular formula is C22H21N3O5. The van der Waals surface area contributed by atoms with Gasteiger partial charge in [-0.2, -0.15) is 0 Å².